The van der Waals surface area contributed by atoms with Gasteiger partial charge in [-0.1, -0.05) is 5.92 Å². The van der Waals surface area contributed by atoms with E-state index in [9.17, 15) is 9.90 Å². The zero-order valence-corrected chi connectivity index (χ0v) is 20.6. The number of methoxy groups -OCH3 is 1. The lowest BCUT2D eigenvalue weighted by molar-refractivity contribution is -0.137. The summed E-state index contributed by atoms with van der Waals surface area (Å²) >= 11 is 0. The molecule has 1 N–H and O–H groups in total. The van der Waals surface area contributed by atoms with Gasteiger partial charge in [0, 0.05) is 44.0 Å². The molecule has 0 radical (unpaired) electrons. The van der Waals surface area contributed by atoms with E-state index in [1.165, 1.54) is 5.56 Å². The van der Waals surface area contributed by atoms with Crippen LogP contribution < -0.4 is 4.74 Å². The molecule has 1 saturated heterocycles. The molecule has 0 bridgehead atoms. The first kappa shape index (κ1) is 24.7. The minimum absolute atomic E-state index is 0.225. The fourth-order valence-electron chi connectivity index (χ4n) is 5.11. The van der Waals surface area contributed by atoms with E-state index in [2.05, 4.69) is 38.8 Å². The highest BCUT2D eigenvalue weighted by Crippen LogP contribution is 2.32. The lowest BCUT2D eigenvalue weighted by Gasteiger charge is -2.38. The zero-order chi connectivity index (χ0) is 24.6. The Hall–Kier alpha value is -3.37. The molecule has 2 unspecified atom stereocenters. The number of pyridine rings is 1. The molecule has 7 heteroatoms. The molecule has 0 spiro atoms. The van der Waals surface area contributed by atoms with Gasteiger partial charge in [0.25, 0.3) is 0 Å². The number of piperidine rings is 1. The number of likely N-dealkylation sites (tertiary alicyclic amines) is 1. The number of rotatable bonds is 9. The SMILES string of the molecule is COc1ccc2nccc(CCCC3CCN(CC#Cc4nccn4C)CC3CCC(=O)O)c2c1. The van der Waals surface area contributed by atoms with Gasteiger partial charge >= 0.3 is 5.97 Å². The summed E-state index contributed by atoms with van der Waals surface area (Å²) < 4.78 is 7.32. The summed E-state index contributed by atoms with van der Waals surface area (Å²) in [4.78, 5) is 22.4. The average molecular weight is 475 g/mol. The predicted octanol–water partition coefficient (Wildman–Crippen LogP) is 4.15. The van der Waals surface area contributed by atoms with Crippen molar-refractivity contribution in [2.45, 2.75) is 38.5 Å². The number of ether oxygens (including phenoxy) is 1. The summed E-state index contributed by atoms with van der Waals surface area (Å²) in [6, 6.07) is 8.12. The van der Waals surface area contributed by atoms with Crippen LogP contribution >= 0.6 is 0 Å². The van der Waals surface area contributed by atoms with Crippen LogP contribution in [0.1, 0.15) is 43.5 Å². The molecule has 0 aliphatic carbocycles. The van der Waals surface area contributed by atoms with Crippen LogP contribution in [-0.2, 0) is 18.3 Å². The second-order valence-corrected chi connectivity index (χ2v) is 9.39. The second-order valence-electron chi connectivity index (χ2n) is 9.39. The Morgan fingerprint density at radius 1 is 1.20 bits per heavy atom. The summed E-state index contributed by atoms with van der Waals surface area (Å²) in [7, 11) is 3.63. The van der Waals surface area contributed by atoms with E-state index < -0.39 is 5.97 Å². The van der Waals surface area contributed by atoms with Gasteiger partial charge in [-0.2, -0.15) is 0 Å². The van der Waals surface area contributed by atoms with Crippen molar-refractivity contribution in [3.63, 3.8) is 0 Å². The fraction of sp³-hybridized carbons (Fsp3) is 0.464. The molecule has 184 valence electrons. The Kier molecular flexibility index (Phi) is 8.38. The second kappa shape index (κ2) is 11.9. The van der Waals surface area contributed by atoms with Crippen LogP contribution in [-0.4, -0.2) is 57.3 Å². The number of carboxylic acid groups (broad SMARTS) is 1. The van der Waals surface area contributed by atoms with E-state index >= 15 is 0 Å². The summed E-state index contributed by atoms with van der Waals surface area (Å²) in [6.45, 7) is 2.59. The molecule has 7 nitrogen and oxygen atoms in total. The van der Waals surface area contributed by atoms with Crippen molar-refractivity contribution in [1.82, 2.24) is 19.4 Å². The normalized spacial score (nSPS) is 18.2. The Bertz CT molecular complexity index is 1210. The van der Waals surface area contributed by atoms with Crippen molar-refractivity contribution >= 4 is 16.9 Å². The van der Waals surface area contributed by atoms with Crippen LogP contribution in [0, 0.1) is 23.7 Å². The van der Waals surface area contributed by atoms with Crippen molar-refractivity contribution in [3.05, 3.63) is 54.2 Å². The smallest absolute Gasteiger partial charge is 0.303 e. The number of carbonyl (C=O) groups is 1. The van der Waals surface area contributed by atoms with E-state index in [-0.39, 0.29) is 6.42 Å². The van der Waals surface area contributed by atoms with Gasteiger partial charge in [0.1, 0.15) is 5.75 Å². The molecule has 3 aromatic rings. The van der Waals surface area contributed by atoms with Crippen molar-refractivity contribution in [2.24, 2.45) is 18.9 Å². The first-order valence-electron chi connectivity index (χ1n) is 12.4. The number of hydrogen-bond donors (Lipinski definition) is 1. The quantitative estimate of drug-likeness (QED) is 0.469. The average Bonchev–Trinajstić information content (AvgIpc) is 3.28. The highest BCUT2D eigenvalue weighted by molar-refractivity contribution is 5.83. The topological polar surface area (TPSA) is 80.5 Å². The number of hydrogen-bond acceptors (Lipinski definition) is 5. The van der Waals surface area contributed by atoms with Crippen LogP contribution in [0.2, 0.25) is 0 Å². The van der Waals surface area contributed by atoms with Gasteiger partial charge in [-0.25, -0.2) is 4.98 Å². The lowest BCUT2D eigenvalue weighted by atomic mass is 9.79. The van der Waals surface area contributed by atoms with Gasteiger partial charge in [-0.3, -0.25) is 14.7 Å². The number of benzene rings is 1. The van der Waals surface area contributed by atoms with Crippen molar-refractivity contribution in [3.8, 4) is 17.6 Å². The fourth-order valence-corrected chi connectivity index (χ4v) is 5.11. The molecular formula is C28H34N4O3. The van der Waals surface area contributed by atoms with E-state index in [0.717, 1.165) is 67.7 Å². The number of nitrogens with zero attached hydrogens (tertiary/aromatic N) is 4. The monoisotopic (exact) mass is 474 g/mol. The van der Waals surface area contributed by atoms with Crippen LogP contribution in [0.4, 0.5) is 0 Å². The van der Waals surface area contributed by atoms with E-state index in [1.54, 1.807) is 13.3 Å². The summed E-state index contributed by atoms with van der Waals surface area (Å²) in [5.41, 5.74) is 2.28. The van der Waals surface area contributed by atoms with Gasteiger partial charge in [0.15, 0.2) is 5.82 Å². The van der Waals surface area contributed by atoms with Crippen LogP contribution in [0.5, 0.6) is 5.75 Å². The molecule has 2 aromatic heterocycles. The largest absolute Gasteiger partial charge is 0.497 e. The number of aromatic nitrogens is 3. The molecule has 0 saturated carbocycles. The van der Waals surface area contributed by atoms with Crippen LogP contribution in [0.15, 0.2) is 42.9 Å². The maximum Gasteiger partial charge on any atom is 0.303 e. The van der Waals surface area contributed by atoms with Gasteiger partial charge in [0.2, 0.25) is 0 Å². The lowest BCUT2D eigenvalue weighted by Crippen LogP contribution is -2.41. The zero-order valence-electron chi connectivity index (χ0n) is 20.6. The summed E-state index contributed by atoms with van der Waals surface area (Å²) in [5, 5.41) is 10.4. The Labute approximate surface area is 207 Å². The van der Waals surface area contributed by atoms with Gasteiger partial charge in [0.05, 0.1) is 19.2 Å². The molecule has 1 aliphatic heterocycles. The van der Waals surface area contributed by atoms with Gasteiger partial charge in [-0.05, 0) is 86.2 Å². The number of fused-ring (bicyclic) bond motifs is 1. The minimum Gasteiger partial charge on any atom is -0.497 e. The number of aryl methyl sites for hydroxylation is 2. The van der Waals surface area contributed by atoms with Crippen molar-refractivity contribution in [2.75, 3.05) is 26.7 Å². The standard InChI is InChI=1S/C28H34N4O3/c1-31-18-15-30-27(31)7-4-16-32-17-13-21(23(20-32)8-11-28(33)34)5-3-6-22-12-14-29-26-10-9-24(35-2)19-25(22)26/h9-10,12,14-15,18-19,21,23H,3,5-6,8,11,13,16-17,20H2,1-2H3,(H,33,34). The number of imidazole rings is 1. The first-order valence-corrected chi connectivity index (χ1v) is 12.4. The maximum absolute atomic E-state index is 11.3. The number of carboxylic acids is 1. The van der Waals surface area contributed by atoms with Gasteiger partial charge < -0.3 is 14.4 Å². The van der Waals surface area contributed by atoms with Crippen LogP contribution in [0.3, 0.4) is 0 Å². The van der Waals surface area contributed by atoms with E-state index in [4.69, 9.17) is 4.74 Å². The molecule has 35 heavy (non-hydrogen) atoms. The summed E-state index contributed by atoms with van der Waals surface area (Å²) in [5.74, 6) is 8.21. The van der Waals surface area contributed by atoms with E-state index in [1.807, 2.05) is 36.1 Å². The number of aliphatic carboxylic acids is 1. The van der Waals surface area contributed by atoms with Crippen molar-refractivity contribution in [1.29, 1.82) is 0 Å². The third kappa shape index (κ3) is 6.61. The highest BCUT2D eigenvalue weighted by Gasteiger charge is 2.29. The molecule has 3 heterocycles. The Morgan fingerprint density at radius 2 is 2.09 bits per heavy atom. The third-order valence-electron chi connectivity index (χ3n) is 7.09. The molecular weight excluding hydrogens is 440 g/mol. The summed E-state index contributed by atoms with van der Waals surface area (Å²) in [6.07, 6.45) is 10.7. The van der Waals surface area contributed by atoms with Gasteiger partial charge in [-0.15, -0.1) is 0 Å². The van der Waals surface area contributed by atoms with E-state index in [0.29, 0.717) is 18.4 Å². The van der Waals surface area contributed by atoms with Crippen LogP contribution in [0.25, 0.3) is 10.9 Å². The third-order valence-corrected chi connectivity index (χ3v) is 7.09. The minimum atomic E-state index is -0.715. The molecule has 0 amide bonds. The maximum atomic E-state index is 11.3. The molecule has 1 aromatic carbocycles. The molecule has 4 rings (SSSR count). The Morgan fingerprint density at radius 3 is 2.86 bits per heavy atom. The molecule has 1 aliphatic rings. The molecule has 2 atom stereocenters. The first-order chi connectivity index (χ1) is 17.0. The van der Waals surface area contributed by atoms with Crippen molar-refractivity contribution < 1.29 is 14.6 Å². The predicted molar refractivity (Wildman–Crippen MR) is 136 cm³/mol. The highest BCUT2D eigenvalue weighted by atomic mass is 16.5. The Balaban J connectivity index is 1.36. The molecule has 1 fully saturated rings.